The quantitative estimate of drug-likeness (QED) is 0.394. The monoisotopic (exact) mass is 435 g/mol. The fourth-order valence-corrected chi connectivity index (χ4v) is 33.3. The zero-order valence-electron chi connectivity index (χ0n) is 15.9. The summed E-state index contributed by atoms with van der Waals surface area (Å²) in [5.41, 5.74) is 0. The van der Waals surface area contributed by atoms with Crippen LogP contribution in [-0.4, -0.2) is 66.6 Å². The molecular weight excluding hydrogens is 404 g/mol. The summed E-state index contributed by atoms with van der Waals surface area (Å²) in [7, 11) is -11.1. The first kappa shape index (κ1) is 20.6. The molecule has 2 aliphatic heterocycles. The Morgan fingerprint density at radius 2 is 0.652 bits per heavy atom. The molecule has 0 aromatic rings. The number of nitrogens with one attached hydrogen (secondary N) is 1. The molecule has 7 nitrogen and oxygen atoms in total. The van der Waals surface area contributed by atoms with E-state index in [2.05, 4.69) is 71.5 Å². The molecule has 23 heavy (non-hydrogen) atoms. The Hall–Kier alpha value is 1.34. The third kappa shape index (κ3) is 5.66. The number of nitrogens with zero attached hydrogens (tertiary/aromatic N) is 6. The van der Waals surface area contributed by atoms with Gasteiger partial charge in [-0.25, -0.2) is 32.0 Å². The van der Waals surface area contributed by atoms with E-state index < -0.39 is 43.5 Å². The summed E-state index contributed by atoms with van der Waals surface area (Å²) < 4.78 is 31.0. The van der Waals surface area contributed by atoms with Gasteiger partial charge in [-0.1, -0.05) is 0 Å². The summed E-state index contributed by atoms with van der Waals surface area (Å²) in [6.07, 6.45) is 0. The van der Waals surface area contributed by atoms with Crippen molar-refractivity contribution in [3.8, 4) is 0 Å². The fraction of sp³-hybridized carbons (Fsp3) is 1.00. The topological polar surface area (TPSA) is 86.2 Å². The third-order valence-corrected chi connectivity index (χ3v) is 25.4. The largest absolute Gasteiger partial charge is 0.242 e. The highest BCUT2D eigenvalue weighted by Crippen LogP contribution is 2.78. The second-order valence-corrected chi connectivity index (χ2v) is 27.2. The molecule has 0 amide bonds. The van der Waals surface area contributed by atoms with Gasteiger partial charge in [-0.3, -0.25) is 0 Å². The van der Waals surface area contributed by atoms with Gasteiger partial charge < -0.3 is 0 Å². The van der Waals surface area contributed by atoms with Crippen LogP contribution < -0.4 is 4.86 Å². The summed E-state index contributed by atoms with van der Waals surface area (Å²) in [5.74, 6) is 0. The van der Waals surface area contributed by atoms with E-state index in [0.717, 1.165) is 0 Å². The predicted octanol–water partition coefficient (Wildman–Crippen LogP) is 7.43. The lowest BCUT2D eigenvalue weighted by Gasteiger charge is -2.35. The molecule has 0 spiro atoms. The van der Waals surface area contributed by atoms with Gasteiger partial charge in [-0.15, -0.1) is 0 Å². The molecule has 13 heteroatoms. The van der Waals surface area contributed by atoms with E-state index >= 15 is 0 Å². The van der Waals surface area contributed by atoms with Gasteiger partial charge >= 0.3 is 0 Å². The normalized spacial score (nSPS) is 39.9. The Morgan fingerprint density at radius 1 is 0.391 bits per heavy atom. The van der Waals surface area contributed by atoms with Crippen molar-refractivity contribution in [1.29, 1.82) is 0 Å². The number of fused-ring (bicyclic) bond motifs is 2. The van der Waals surface area contributed by atoms with E-state index in [0.29, 0.717) is 0 Å². The first-order valence-electron chi connectivity index (χ1n) is 7.32. The Morgan fingerprint density at radius 3 is 0.957 bits per heavy atom. The van der Waals surface area contributed by atoms with Gasteiger partial charge in [0.1, 0.15) is 14.7 Å². The Balaban J connectivity index is 3.06. The molecule has 2 unspecified atom stereocenters. The van der Waals surface area contributed by atoms with Crippen LogP contribution >= 0.6 is 43.5 Å². The van der Waals surface area contributed by atoms with Crippen molar-refractivity contribution >= 4 is 43.5 Å². The van der Waals surface area contributed by atoms with Crippen molar-refractivity contribution in [2.45, 2.75) is 0 Å². The Kier molecular flexibility index (Phi) is 5.32. The average Bonchev–Trinajstić information content (AvgIpc) is 1.99. The van der Waals surface area contributed by atoms with Crippen LogP contribution in [0.2, 0.25) is 0 Å². The molecule has 0 radical (unpaired) electrons. The number of hydrogen-bond donors (Lipinski definition) is 1. The molecule has 136 valence electrons. The molecular formula is C10H31N7P6. The molecule has 0 saturated heterocycles. The van der Waals surface area contributed by atoms with Gasteiger partial charge in [0.2, 0.25) is 0 Å². The van der Waals surface area contributed by atoms with E-state index in [1.54, 1.807) is 0 Å². The van der Waals surface area contributed by atoms with Crippen LogP contribution in [0.1, 0.15) is 0 Å². The molecule has 2 atom stereocenters. The molecule has 0 fully saturated rings. The fourth-order valence-electron chi connectivity index (χ4n) is 3.32. The first-order valence-corrected chi connectivity index (χ1v) is 22.0. The van der Waals surface area contributed by atoms with Crippen LogP contribution in [0.3, 0.4) is 0 Å². The van der Waals surface area contributed by atoms with E-state index in [4.69, 9.17) is 27.1 Å². The van der Waals surface area contributed by atoms with Crippen molar-refractivity contribution in [1.82, 2.24) is 4.86 Å². The Bertz CT molecular complexity index is 780. The summed E-state index contributed by atoms with van der Waals surface area (Å²) in [6, 6.07) is 0. The molecule has 0 aromatic heterocycles. The molecule has 0 aliphatic carbocycles. The number of hydrogen-bond acceptors (Lipinski definition) is 7. The van der Waals surface area contributed by atoms with Crippen molar-refractivity contribution in [2.75, 3.05) is 66.6 Å². The van der Waals surface area contributed by atoms with Crippen LogP contribution in [-0.2, 0) is 0 Å². The maximum Gasteiger partial charge on any atom is 0.145 e. The third-order valence-electron chi connectivity index (χ3n) is 2.83. The van der Waals surface area contributed by atoms with Crippen molar-refractivity contribution < 1.29 is 0 Å². The maximum atomic E-state index is 5.20. The van der Waals surface area contributed by atoms with Crippen molar-refractivity contribution in [2.24, 2.45) is 27.1 Å². The molecule has 0 aromatic carbocycles. The highest BCUT2D eigenvalue weighted by Gasteiger charge is 2.31. The minimum absolute atomic E-state index is 1.75. The van der Waals surface area contributed by atoms with Gasteiger partial charge in [0, 0.05) is 13.3 Å². The van der Waals surface area contributed by atoms with Crippen LogP contribution in [0.5, 0.6) is 0 Å². The lowest BCUT2D eigenvalue weighted by molar-refractivity contribution is 1.43. The van der Waals surface area contributed by atoms with Gasteiger partial charge in [0.05, 0.1) is 28.8 Å². The molecule has 0 saturated carbocycles. The van der Waals surface area contributed by atoms with Crippen LogP contribution in [0.15, 0.2) is 27.1 Å². The SMILES string of the molecule is CP1(C)=NP(C)(C)=NP2(C)=NP(C)(C)=NP(C)(C)=NP(C)(=N1)N2. The van der Waals surface area contributed by atoms with E-state index in [-0.39, 0.29) is 0 Å². The summed E-state index contributed by atoms with van der Waals surface area (Å²) >= 11 is 0. The highest BCUT2D eigenvalue weighted by atomic mass is 31.3. The lowest BCUT2D eigenvalue weighted by Crippen LogP contribution is -2.06. The zero-order valence-corrected chi connectivity index (χ0v) is 21.2. The van der Waals surface area contributed by atoms with Gasteiger partial charge in [-0.2, -0.15) is 0 Å². The summed E-state index contributed by atoms with van der Waals surface area (Å²) in [6.45, 7) is 21.7. The van der Waals surface area contributed by atoms with Gasteiger partial charge in [-0.05, 0) is 53.3 Å². The minimum atomic E-state index is -2.07. The predicted molar refractivity (Wildman–Crippen MR) is 118 cm³/mol. The Labute approximate surface area is 142 Å². The second-order valence-electron chi connectivity index (χ2n) is 7.81. The standard InChI is InChI=1S/C10H31N7P6/c1-18(2)11-19(3,4)14-23(10)16-21(7,8)12-20(5,6)15-22(9,13-18)17-23/h17H,1-10H3. The number of rotatable bonds is 0. The van der Waals surface area contributed by atoms with Crippen LogP contribution in [0.25, 0.3) is 0 Å². The molecule has 2 aliphatic rings. The second kappa shape index (κ2) is 5.92. The average molecular weight is 435 g/mol. The van der Waals surface area contributed by atoms with Gasteiger partial charge in [0.25, 0.3) is 0 Å². The highest BCUT2D eigenvalue weighted by molar-refractivity contribution is 7.92. The lowest BCUT2D eigenvalue weighted by atomic mass is 11.9. The summed E-state index contributed by atoms with van der Waals surface area (Å²) in [5, 5.41) is 0. The van der Waals surface area contributed by atoms with Crippen LogP contribution in [0, 0.1) is 0 Å². The maximum absolute atomic E-state index is 5.20. The summed E-state index contributed by atoms with van der Waals surface area (Å²) in [4.78, 5) is 3.78. The van der Waals surface area contributed by atoms with E-state index in [1.165, 1.54) is 0 Å². The molecule has 2 heterocycles. The first-order chi connectivity index (χ1) is 9.95. The van der Waals surface area contributed by atoms with E-state index in [1.807, 2.05) is 0 Å². The van der Waals surface area contributed by atoms with Gasteiger partial charge in [0.15, 0.2) is 0 Å². The van der Waals surface area contributed by atoms with Crippen molar-refractivity contribution in [3.63, 3.8) is 0 Å². The zero-order chi connectivity index (χ0) is 17.9. The minimum Gasteiger partial charge on any atom is -0.242 e. The van der Waals surface area contributed by atoms with Crippen molar-refractivity contribution in [3.05, 3.63) is 0 Å². The van der Waals surface area contributed by atoms with E-state index in [9.17, 15) is 0 Å². The smallest absolute Gasteiger partial charge is 0.145 e. The molecule has 1 N–H and O–H groups in total. The molecule has 2 rings (SSSR count). The van der Waals surface area contributed by atoms with Crippen LogP contribution in [0.4, 0.5) is 0 Å². The molecule has 2 bridgehead atoms.